The van der Waals surface area contributed by atoms with Crippen LogP contribution in [-0.2, 0) is 0 Å². The summed E-state index contributed by atoms with van der Waals surface area (Å²) in [5.74, 6) is 0.657. The van der Waals surface area contributed by atoms with Crippen LogP contribution < -0.4 is 10.1 Å². The van der Waals surface area contributed by atoms with Crippen LogP contribution in [0.4, 0.5) is 0 Å². The van der Waals surface area contributed by atoms with E-state index in [1.165, 1.54) is 11.5 Å². The molecule has 0 saturated carbocycles. The molecule has 1 unspecified atom stereocenters. The number of carbonyl (C=O) groups excluding carboxylic acids is 1. The summed E-state index contributed by atoms with van der Waals surface area (Å²) in [7, 11) is 1.63. The summed E-state index contributed by atoms with van der Waals surface area (Å²) in [4.78, 5) is 13.0. The fraction of sp³-hybridized carbons (Fsp3) is 0.286. The zero-order chi connectivity index (χ0) is 13.8. The van der Waals surface area contributed by atoms with Gasteiger partial charge in [-0.05, 0) is 49.1 Å². The summed E-state index contributed by atoms with van der Waals surface area (Å²) < 4.78 is 9.21. The Morgan fingerprint density at radius 1 is 1.37 bits per heavy atom. The van der Waals surface area contributed by atoms with Crippen LogP contribution in [0.2, 0.25) is 0 Å². The molecule has 0 spiro atoms. The number of benzene rings is 1. The molecule has 0 fully saturated rings. The average molecular weight is 276 g/mol. The molecule has 19 heavy (non-hydrogen) atoms. The van der Waals surface area contributed by atoms with Crippen LogP contribution in [0.5, 0.6) is 5.75 Å². The molecule has 1 atom stereocenters. The van der Waals surface area contributed by atoms with Gasteiger partial charge in [-0.3, -0.25) is 4.79 Å². The predicted octanol–water partition coefficient (Wildman–Crippen LogP) is 2.95. The molecule has 0 aliphatic rings. The molecule has 1 aromatic heterocycles. The number of nitrogens with one attached hydrogen (secondary N) is 1. The summed E-state index contributed by atoms with van der Waals surface area (Å²) in [6.45, 7) is 3.88. The van der Waals surface area contributed by atoms with E-state index < -0.39 is 0 Å². The number of ether oxygens (including phenoxy) is 1. The van der Waals surface area contributed by atoms with Crippen LogP contribution in [0.1, 0.15) is 33.9 Å². The van der Waals surface area contributed by atoms with Crippen molar-refractivity contribution < 1.29 is 9.53 Å². The summed E-state index contributed by atoms with van der Waals surface area (Å²) in [5.41, 5.74) is 1.50. The van der Waals surface area contributed by atoms with E-state index in [2.05, 4.69) is 9.69 Å². The standard InChI is InChI=1S/C14H16N2O2S/c1-9-8-13(16-19-9)14(17)15-10(2)11-4-6-12(18-3)7-5-11/h4-8,10H,1-3H3,(H,15,17). The van der Waals surface area contributed by atoms with Crippen molar-refractivity contribution in [3.05, 3.63) is 46.5 Å². The van der Waals surface area contributed by atoms with Crippen molar-refractivity contribution in [3.63, 3.8) is 0 Å². The summed E-state index contributed by atoms with van der Waals surface area (Å²) >= 11 is 1.33. The van der Waals surface area contributed by atoms with Crippen LogP contribution in [0.15, 0.2) is 30.3 Å². The van der Waals surface area contributed by atoms with Crippen molar-refractivity contribution in [2.24, 2.45) is 0 Å². The van der Waals surface area contributed by atoms with Crippen molar-refractivity contribution in [2.75, 3.05) is 7.11 Å². The predicted molar refractivity (Wildman–Crippen MR) is 75.7 cm³/mol. The van der Waals surface area contributed by atoms with Gasteiger partial charge in [-0.25, -0.2) is 0 Å². The Morgan fingerprint density at radius 2 is 2.05 bits per heavy atom. The molecule has 1 aromatic carbocycles. The van der Waals surface area contributed by atoms with Crippen LogP contribution in [0.3, 0.4) is 0 Å². The van der Waals surface area contributed by atoms with E-state index in [4.69, 9.17) is 4.74 Å². The monoisotopic (exact) mass is 276 g/mol. The maximum atomic E-state index is 12.0. The fourth-order valence-corrected chi connectivity index (χ4v) is 2.26. The number of amides is 1. The third-order valence-corrected chi connectivity index (χ3v) is 3.52. The molecule has 0 aliphatic carbocycles. The number of hydrogen-bond acceptors (Lipinski definition) is 4. The second kappa shape index (κ2) is 5.84. The van der Waals surface area contributed by atoms with Gasteiger partial charge in [0.25, 0.3) is 5.91 Å². The Balaban J connectivity index is 2.03. The Labute approximate surface area is 116 Å². The Kier molecular flexibility index (Phi) is 4.16. The van der Waals surface area contributed by atoms with Gasteiger partial charge in [-0.2, -0.15) is 4.37 Å². The number of aryl methyl sites for hydroxylation is 1. The van der Waals surface area contributed by atoms with E-state index in [1.807, 2.05) is 38.1 Å². The number of methoxy groups -OCH3 is 1. The van der Waals surface area contributed by atoms with E-state index >= 15 is 0 Å². The molecule has 1 amide bonds. The van der Waals surface area contributed by atoms with Gasteiger partial charge < -0.3 is 10.1 Å². The van der Waals surface area contributed by atoms with E-state index in [9.17, 15) is 4.79 Å². The molecule has 5 heteroatoms. The molecule has 2 aromatic rings. The first kappa shape index (κ1) is 13.5. The van der Waals surface area contributed by atoms with Gasteiger partial charge in [0.2, 0.25) is 0 Å². The average Bonchev–Trinajstić information content (AvgIpc) is 2.85. The minimum Gasteiger partial charge on any atom is -0.497 e. The zero-order valence-electron chi connectivity index (χ0n) is 11.1. The van der Waals surface area contributed by atoms with Gasteiger partial charge in [0.1, 0.15) is 11.4 Å². The highest BCUT2D eigenvalue weighted by atomic mass is 32.1. The molecule has 0 bridgehead atoms. The molecule has 0 saturated heterocycles. The third-order valence-electron chi connectivity index (χ3n) is 2.82. The number of aromatic nitrogens is 1. The Hall–Kier alpha value is -1.88. The molecular weight excluding hydrogens is 260 g/mol. The van der Waals surface area contributed by atoms with Crippen LogP contribution in [0.25, 0.3) is 0 Å². The highest BCUT2D eigenvalue weighted by Gasteiger charge is 2.13. The highest BCUT2D eigenvalue weighted by Crippen LogP contribution is 2.18. The van der Waals surface area contributed by atoms with Crippen molar-refractivity contribution in [1.29, 1.82) is 0 Å². The quantitative estimate of drug-likeness (QED) is 0.934. The molecule has 0 aliphatic heterocycles. The lowest BCUT2D eigenvalue weighted by molar-refractivity contribution is 0.0936. The van der Waals surface area contributed by atoms with Gasteiger partial charge in [0, 0.05) is 4.88 Å². The van der Waals surface area contributed by atoms with Crippen LogP contribution in [-0.4, -0.2) is 17.4 Å². The Bertz CT molecular complexity index is 563. The van der Waals surface area contributed by atoms with E-state index in [0.29, 0.717) is 5.69 Å². The molecular formula is C14H16N2O2S. The molecule has 4 nitrogen and oxygen atoms in total. The maximum Gasteiger partial charge on any atom is 0.271 e. The van der Waals surface area contributed by atoms with Gasteiger partial charge >= 0.3 is 0 Å². The first-order chi connectivity index (χ1) is 9.10. The van der Waals surface area contributed by atoms with Gasteiger partial charge in [0.15, 0.2) is 0 Å². The number of rotatable bonds is 4. The topological polar surface area (TPSA) is 51.2 Å². The summed E-state index contributed by atoms with van der Waals surface area (Å²) in [5, 5.41) is 2.93. The molecule has 2 rings (SSSR count). The van der Waals surface area contributed by atoms with Crippen molar-refractivity contribution in [2.45, 2.75) is 19.9 Å². The zero-order valence-corrected chi connectivity index (χ0v) is 12.0. The smallest absolute Gasteiger partial charge is 0.271 e. The van der Waals surface area contributed by atoms with Crippen molar-refractivity contribution in [3.8, 4) is 5.75 Å². The summed E-state index contributed by atoms with van der Waals surface area (Å²) in [6.07, 6.45) is 0. The first-order valence-corrected chi connectivity index (χ1v) is 6.75. The third kappa shape index (κ3) is 3.32. The largest absolute Gasteiger partial charge is 0.497 e. The number of nitrogens with zero attached hydrogens (tertiary/aromatic N) is 1. The van der Waals surface area contributed by atoms with E-state index in [0.717, 1.165) is 16.2 Å². The molecule has 100 valence electrons. The lowest BCUT2D eigenvalue weighted by Gasteiger charge is -2.13. The number of carbonyl (C=O) groups is 1. The lowest BCUT2D eigenvalue weighted by Crippen LogP contribution is -2.26. The van der Waals surface area contributed by atoms with Crippen molar-refractivity contribution in [1.82, 2.24) is 9.69 Å². The minimum absolute atomic E-state index is 0.0691. The fourth-order valence-electron chi connectivity index (χ4n) is 1.72. The van der Waals surface area contributed by atoms with E-state index in [-0.39, 0.29) is 11.9 Å². The van der Waals surface area contributed by atoms with E-state index in [1.54, 1.807) is 13.2 Å². The second-order valence-corrected chi connectivity index (χ2v) is 5.30. The first-order valence-electron chi connectivity index (χ1n) is 5.98. The van der Waals surface area contributed by atoms with Crippen molar-refractivity contribution >= 4 is 17.4 Å². The highest BCUT2D eigenvalue weighted by molar-refractivity contribution is 7.05. The second-order valence-electron chi connectivity index (χ2n) is 4.29. The van der Waals surface area contributed by atoms with Crippen LogP contribution >= 0.6 is 11.5 Å². The molecule has 1 N–H and O–H groups in total. The minimum atomic E-state index is -0.146. The normalized spacial score (nSPS) is 11.9. The summed E-state index contributed by atoms with van der Waals surface area (Å²) in [6, 6.07) is 9.36. The SMILES string of the molecule is COc1ccc(C(C)NC(=O)c2cc(C)sn2)cc1. The Morgan fingerprint density at radius 3 is 2.58 bits per heavy atom. The maximum absolute atomic E-state index is 12.0. The molecule has 1 heterocycles. The van der Waals surface area contributed by atoms with Gasteiger partial charge in [-0.15, -0.1) is 0 Å². The number of hydrogen-bond donors (Lipinski definition) is 1. The lowest BCUT2D eigenvalue weighted by atomic mass is 10.1. The molecule has 0 radical (unpaired) electrons. The van der Waals surface area contributed by atoms with Gasteiger partial charge in [-0.1, -0.05) is 12.1 Å². The van der Waals surface area contributed by atoms with Crippen LogP contribution in [0, 0.1) is 6.92 Å². The van der Waals surface area contributed by atoms with Gasteiger partial charge in [0.05, 0.1) is 13.2 Å².